The van der Waals surface area contributed by atoms with Crippen LogP contribution in [0, 0.1) is 0 Å². The first-order chi connectivity index (χ1) is 10.8. The molecule has 0 aliphatic carbocycles. The summed E-state index contributed by atoms with van der Waals surface area (Å²) in [5.74, 6) is 0.0275. The number of thiazole rings is 1. The van der Waals surface area contributed by atoms with E-state index in [1.165, 1.54) is 6.26 Å². The Balaban J connectivity index is 1.70. The Bertz CT molecular complexity index is 748. The SMILES string of the molecule is CCNc1nc(-c2ccc(NC(=O)c3ccco3)cc2)cs1. The fourth-order valence-corrected chi connectivity index (χ4v) is 2.75. The molecular weight excluding hydrogens is 298 g/mol. The molecule has 0 unspecified atom stereocenters. The fraction of sp³-hybridized carbons (Fsp3) is 0.125. The van der Waals surface area contributed by atoms with Crippen LogP contribution in [0.15, 0.2) is 52.5 Å². The van der Waals surface area contributed by atoms with Crippen molar-refractivity contribution in [2.24, 2.45) is 0 Å². The van der Waals surface area contributed by atoms with Gasteiger partial charge in [-0.15, -0.1) is 11.3 Å². The lowest BCUT2D eigenvalue weighted by Crippen LogP contribution is -2.10. The Labute approximate surface area is 132 Å². The van der Waals surface area contributed by atoms with Crippen LogP contribution in [0.1, 0.15) is 17.5 Å². The molecule has 0 saturated heterocycles. The quantitative estimate of drug-likeness (QED) is 0.744. The third-order valence-electron chi connectivity index (χ3n) is 3.02. The number of anilines is 2. The molecular formula is C16H15N3O2S. The Hall–Kier alpha value is -2.60. The van der Waals surface area contributed by atoms with Crippen molar-refractivity contribution in [3.05, 3.63) is 53.8 Å². The highest BCUT2D eigenvalue weighted by Gasteiger charge is 2.09. The number of hydrogen-bond donors (Lipinski definition) is 2. The number of amides is 1. The van der Waals surface area contributed by atoms with E-state index in [0.717, 1.165) is 22.9 Å². The third-order valence-corrected chi connectivity index (χ3v) is 3.82. The number of rotatable bonds is 5. The average molecular weight is 313 g/mol. The van der Waals surface area contributed by atoms with Crippen molar-refractivity contribution in [3.8, 4) is 11.3 Å². The Kier molecular flexibility index (Phi) is 4.20. The van der Waals surface area contributed by atoms with Crippen LogP contribution < -0.4 is 10.6 Å². The molecule has 0 aliphatic rings. The van der Waals surface area contributed by atoms with E-state index >= 15 is 0 Å². The van der Waals surface area contributed by atoms with Crippen LogP contribution in [-0.4, -0.2) is 17.4 Å². The van der Waals surface area contributed by atoms with Gasteiger partial charge in [0.25, 0.3) is 5.91 Å². The van der Waals surface area contributed by atoms with E-state index in [1.54, 1.807) is 23.5 Å². The van der Waals surface area contributed by atoms with E-state index in [0.29, 0.717) is 11.4 Å². The molecule has 1 aromatic carbocycles. The molecule has 2 aromatic heterocycles. The smallest absolute Gasteiger partial charge is 0.291 e. The summed E-state index contributed by atoms with van der Waals surface area (Å²) >= 11 is 1.58. The van der Waals surface area contributed by atoms with Crippen molar-refractivity contribution in [2.75, 3.05) is 17.2 Å². The van der Waals surface area contributed by atoms with Gasteiger partial charge in [-0.25, -0.2) is 4.98 Å². The van der Waals surface area contributed by atoms with Crippen LogP contribution in [0.3, 0.4) is 0 Å². The second-order valence-corrected chi connectivity index (χ2v) is 5.44. The number of carbonyl (C=O) groups is 1. The fourth-order valence-electron chi connectivity index (χ4n) is 1.96. The largest absolute Gasteiger partial charge is 0.459 e. The normalized spacial score (nSPS) is 10.4. The van der Waals surface area contributed by atoms with E-state index in [-0.39, 0.29) is 5.91 Å². The van der Waals surface area contributed by atoms with E-state index in [4.69, 9.17) is 4.42 Å². The van der Waals surface area contributed by atoms with E-state index in [1.807, 2.05) is 36.6 Å². The van der Waals surface area contributed by atoms with Crippen LogP contribution in [0.4, 0.5) is 10.8 Å². The highest BCUT2D eigenvalue weighted by molar-refractivity contribution is 7.14. The Morgan fingerprint density at radius 3 is 2.77 bits per heavy atom. The number of carbonyl (C=O) groups excluding carboxylic acids is 1. The van der Waals surface area contributed by atoms with Crippen molar-refractivity contribution in [1.29, 1.82) is 0 Å². The van der Waals surface area contributed by atoms with Gasteiger partial charge in [-0.1, -0.05) is 12.1 Å². The maximum Gasteiger partial charge on any atom is 0.291 e. The van der Waals surface area contributed by atoms with E-state index in [2.05, 4.69) is 15.6 Å². The van der Waals surface area contributed by atoms with Gasteiger partial charge in [0.15, 0.2) is 10.9 Å². The molecule has 5 nitrogen and oxygen atoms in total. The summed E-state index contributed by atoms with van der Waals surface area (Å²) in [6.45, 7) is 2.89. The minimum absolute atomic E-state index is 0.263. The van der Waals surface area contributed by atoms with Crippen LogP contribution >= 0.6 is 11.3 Å². The summed E-state index contributed by atoms with van der Waals surface area (Å²) in [5.41, 5.74) is 2.65. The van der Waals surface area contributed by atoms with E-state index < -0.39 is 0 Å². The molecule has 0 spiro atoms. The standard InChI is InChI=1S/C16H15N3O2S/c1-2-17-16-19-13(10-22-16)11-5-7-12(8-6-11)18-15(20)14-4-3-9-21-14/h3-10H,2H2,1H3,(H,17,19)(H,18,20). The topological polar surface area (TPSA) is 67.2 Å². The lowest BCUT2D eigenvalue weighted by molar-refractivity contribution is 0.0996. The zero-order chi connectivity index (χ0) is 15.4. The minimum Gasteiger partial charge on any atom is -0.459 e. The molecule has 0 bridgehead atoms. The molecule has 1 amide bonds. The molecule has 6 heteroatoms. The molecule has 3 aromatic rings. The van der Waals surface area contributed by atoms with Gasteiger partial charge in [0, 0.05) is 23.2 Å². The molecule has 3 rings (SSSR count). The van der Waals surface area contributed by atoms with Crippen molar-refractivity contribution in [2.45, 2.75) is 6.92 Å². The highest BCUT2D eigenvalue weighted by Crippen LogP contribution is 2.26. The van der Waals surface area contributed by atoms with Crippen LogP contribution in [0.5, 0.6) is 0 Å². The first-order valence-corrected chi connectivity index (χ1v) is 7.79. The second-order valence-electron chi connectivity index (χ2n) is 4.58. The Morgan fingerprint density at radius 2 is 2.09 bits per heavy atom. The zero-order valence-corrected chi connectivity index (χ0v) is 12.8. The van der Waals surface area contributed by atoms with E-state index in [9.17, 15) is 4.79 Å². The number of hydrogen-bond acceptors (Lipinski definition) is 5. The van der Waals surface area contributed by atoms with Crippen molar-refractivity contribution < 1.29 is 9.21 Å². The third kappa shape index (κ3) is 3.17. The molecule has 22 heavy (non-hydrogen) atoms. The zero-order valence-electron chi connectivity index (χ0n) is 12.0. The monoisotopic (exact) mass is 313 g/mol. The summed E-state index contributed by atoms with van der Waals surface area (Å²) < 4.78 is 5.06. The maximum atomic E-state index is 11.9. The molecule has 0 atom stereocenters. The number of furan rings is 1. The van der Waals surface area contributed by atoms with Crippen LogP contribution in [-0.2, 0) is 0 Å². The van der Waals surface area contributed by atoms with Gasteiger partial charge < -0.3 is 15.1 Å². The van der Waals surface area contributed by atoms with Crippen molar-refractivity contribution in [3.63, 3.8) is 0 Å². The maximum absolute atomic E-state index is 11.9. The molecule has 0 fully saturated rings. The van der Waals surface area contributed by atoms with Crippen molar-refractivity contribution >= 4 is 28.1 Å². The minimum atomic E-state index is -0.263. The number of nitrogens with one attached hydrogen (secondary N) is 2. The number of benzene rings is 1. The molecule has 0 saturated carbocycles. The predicted molar refractivity (Wildman–Crippen MR) is 88.4 cm³/mol. The predicted octanol–water partition coefficient (Wildman–Crippen LogP) is 4.09. The molecule has 112 valence electrons. The number of aromatic nitrogens is 1. The number of nitrogens with zero attached hydrogens (tertiary/aromatic N) is 1. The first kappa shape index (κ1) is 14.3. The van der Waals surface area contributed by atoms with Gasteiger partial charge >= 0.3 is 0 Å². The van der Waals surface area contributed by atoms with Gasteiger partial charge in [-0.05, 0) is 31.2 Å². The Morgan fingerprint density at radius 1 is 1.27 bits per heavy atom. The lowest BCUT2D eigenvalue weighted by Gasteiger charge is -2.04. The average Bonchev–Trinajstić information content (AvgIpc) is 3.20. The second kappa shape index (κ2) is 6.44. The molecule has 2 heterocycles. The van der Waals surface area contributed by atoms with Gasteiger partial charge in [0.2, 0.25) is 0 Å². The molecule has 0 radical (unpaired) electrons. The lowest BCUT2D eigenvalue weighted by atomic mass is 10.1. The van der Waals surface area contributed by atoms with Gasteiger partial charge in [0.1, 0.15) is 0 Å². The van der Waals surface area contributed by atoms with Gasteiger partial charge in [-0.2, -0.15) is 0 Å². The van der Waals surface area contributed by atoms with Gasteiger partial charge in [0.05, 0.1) is 12.0 Å². The van der Waals surface area contributed by atoms with Crippen molar-refractivity contribution in [1.82, 2.24) is 4.98 Å². The molecule has 2 N–H and O–H groups in total. The van der Waals surface area contributed by atoms with Gasteiger partial charge in [-0.3, -0.25) is 4.79 Å². The first-order valence-electron chi connectivity index (χ1n) is 6.91. The molecule has 0 aliphatic heterocycles. The van der Waals surface area contributed by atoms with Crippen LogP contribution in [0.2, 0.25) is 0 Å². The summed E-state index contributed by atoms with van der Waals surface area (Å²) in [4.78, 5) is 16.4. The summed E-state index contributed by atoms with van der Waals surface area (Å²) in [6.07, 6.45) is 1.47. The summed E-state index contributed by atoms with van der Waals surface area (Å²) in [7, 11) is 0. The van der Waals surface area contributed by atoms with Crippen LogP contribution in [0.25, 0.3) is 11.3 Å². The highest BCUT2D eigenvalue weighted by atomic mass is 32.1. The summed E-state index contributed by atoms with van der Waals surface area (Å²) in [6, 6.07) is 10.9. The summed E-state index contributed by atoms with van der Waals surface area (Å²) in [5, 5.41) is 8.89.